The highest BCUT2D eigenvalue weighted by molar-refractivity contribution is 6.34. The van der Waals surface area contributed by atoms with Crippen molar-refractivity contribution in [2.45, 2.75) is 44.3 Å². The van der Waals surface area contributed by atoms with E-state index in [0.717, 1.165) is 58.5 Å². The highest BCUT2D eigenvalue weighted by Gasteiger charge is 2.47. The molecule has 8 rings (SSSR count). The van der Waals surface area contributed by atoms with E-state index in [2.05, 4.69) is 27.3 Å². The number of aromatic nitrogens is 3. The average molecular weight is 623 g/mol. The predicted molar refractivity (Wildman–Crippen MR) is 175 cm³/mol. The van der Waals surface area contributed by atoms with Crippen molar-refractivity contribution in [1.82, 2.24) is 19.0 Å². The molecule has 3 atom stereocenters. The normalized spacial score (nSPS) is 20.9. The molecule has 1 saturated heterocycles. The molecule has 3 fully saturated rings. The maximum absolute atomic E-state index is 13.8. The SMILES string of the molecule is COc1cc(C(=O)N2C[C@H]3CC[C@@H]2[C@@H]3N)cc2nc(-c3cc4cccc(-c5ccc(C(N)=O)c(Cl)c5)c4n3CC3CC3)n(C)c12. The van der Waals surface area contributed by atoms with Crippen LogP contribution in [0.5, 0.6) is 5.75 Å². The molecule has 9 nitrogen and oxygen atoms in total. The van der Waals surface area contributed by atoms with E-state index in [9.17, 15) is 9.59 Å². The van der Waals surface area contributed by atoms with Gasteiger partial charge >= 0.3 is 0 Å². The zero-order chi connectivity index (χ0) is 31.1. The van der Waals surface area contributed by atoms with Gasteiger partial charge in [-0.05, 0) is 73.4 Å². The van der Waals surface area contributed by atoms with E-state index in [1.165, 1.54) is 12.8 Å². The molecule has 4 N–H and O–H groups in total. The second kappa shape index (κ2) is 10.4. The zero-order valence-corrected chi connectivity index (χ0v) is 26.1. The number of ether oxygens (including phenoxy) is 1. The van der Waals surface area contributed by atoms with Crippen LogP contribution in [0.3, 0.4) is 0 Å². The van der Waals surface area contributed by atoms with Crippen molar-refractivity contribution in [2.24, 2.45) is 30.4 Å². The van der Waals surface area contributed by atoms with Crippen LogP contribution in [0.4, 0.5) is 0 Å². The van der Waals surface area contributed by atoms with Crippen molar-refractivity contribution in [3.8, 4) is 28.4 Å². The number of likely N-dealkylation sites (tertiary alicyclic amines) is 1. The maximum Gasteiger partial charge on any atom is 0.254 e. The van der Waals surface area contributed by atoms with E-state index in [1.54, 1.807) is 13.2 Å². The van der Waals surface area contributed by atoms with Crippen molar-refractivity contribution >= 4 is 45.4 Å². The first kappa shape index (κ1) is 28.2. The van der Waals surface area contributed by atoms with Crippen molar-refractivity contribution in [3.05, 3.63) is 70.7 Å². The third kappa shape index (κ3) is 4.43. The summed E-state index contributed by atoms with van der Waals surface area (Å²) in [5.74, 6) is 1.80. The fourth-order valence-electron chi connectivity index (χ4n) is 7.64. The Morgan fingerprint density at radius 3 is 2.53 bits per heavy atom. The highest BCUT2D eigenvalue weighted by atomic mass is 35.5. The van der Waals surface area contributed by atoms with Crippen LogP contribution in [0.2, 0.25) is 5.02 Å². The lowest BCUT2D eigenvalue weighted by molar-refractivity contribution is 0.0700. The van der Waals surface area contributed by atoms with Crippen LogP contribution in [0.25, 0.3) is 44.6 Å². The number of hydrogen-bond donors (Lipinski definition) is 2. The summed E-state index contributed by atoms with van der Waals surface area (Å²) in [5, 5.41) is 1.41. The minimum absolute atomic E-state index is 0.0152. The van der Waals surface area contributed by atoms with Gasteiger partial charge in [-0.1, -0.05) is 35.9 Å². The van der Waals surface area contributed by atoms with E-state index in [-0.39, 0.29) is 18.0 Å². The molecular weight excluding hydrogens is 588 g/mol. The van der Waals surface area contributed by atoms with Crippen LogP contribution in [0.1, 0.15) is 46.4 Å². The second-order valence-corrected chi connectivity index (χ2v) is 13.3. The lowest BCUT2D eigenvalue weighted by Crippen LogP contribution is -2.41. The monoisotopic (exact) mass is 622 g/mol. The molecule has 2 amide bonds. The number of para-hydroxylation sites is 1. The van der Waals surface area contributed by atoms with Gasteiger partial charge in [0.05, 0.1) is 34.4 Å². The molecular formula is C35H35ClN6O3. The van der Waals surface area contributed by atoms with E-state index in [0.29, 0.717) is 45.8 Å². The summed E-state index contributed by atoms with van der Waals surface area (Å²) >= 11 is 6.49. The maximum atomic E-state index is 13.8. The topological polar surface area (TPSA) is 121 Å². The Kier molecular flexibility index (Phi) is 6.48. The summed E-state index contributed by atoms with van der Waals surface area (Å²) in [5.41, 5.74) is 18.3. The number of imidazole rings is 1. The number of primary amides is 1. The molecule has 2 saturated carbocycles. The molecule has 2 aromatic heterocycles. The molecule has 0 radical (unpaired) electrons. The first-order chi connectivity index (χ1) is 21.7. The van der Waals surface area contributed by atoms with Crippen molar-refractivity contribution < 1.29 is 14.3 Å². The third-order valence-corrected chi connectivity index (χ3v) is 10.5. The van der Waals surface area contributed by atoms with Crippen molar-refractivity contribution in [3.63, 3.8) is 0 Å². The van der Waals surface area contributed by atoms with Gasteiger partial charge in [-0.15, -0.1) is 0 Å². The Hall–Kier alpha value is -4.34. The minimum Gasteiger partial charge on any atom is -0.494 e. The number of nitrogens with two attached hydrogens (primary N) is 2. The molecule has 45 heavy (non-hydrogen) atoms. The fourth-order valence-corrected chi connectivity index (χ4v) is 7.91. The summed E-state index contributed by atoms with van der Waals surface area (Å²) in [6.07, 6.45) is 4.41. The standard InChI is InChI=1S/C35H35ClN6O3/c1-40-32-26(13-22(15-29(32)45-2)35(44)42-17-21-9-11-27(42)30(21)37)39-34(40)28-14-20-4-3-5-23(31(20)41(28)16-18-6-7-18)19-8-10-24(33(38)43)25(36)12-19/h3-5,8,10,12-15,18,21,27,30H,6-7,9,11,16-17,37H2,1-2H3,(H2,38,43)/t21-,27-,30-/m1/s1. The van der Waals surface area contributed by atoms with Gasteiger partial charge in [-0.25, -0.2) is 4.98 Å². The van der Waals surface area contributed by atoms with Crippen LogP contribution in [-0.2, 0) is 13.6 Å². The minimum atomic E-state index is -0.553. The largest absolute Gasteiger partial charge is 0.494 e. The number of carbonyl (C=O) groups excluding carboxylic acids is 2. The summed E-state index contributed by atoms with van der Waals surface area (Å²) in [6.45, 7) is 1.56. The first-order valence-electron chi connectivity index (χ1n) is 15.6. The van der Waals surface area contributed by atoms with Gasteiger partial charge in [0.1, 0.15) is 11.3 Å². The fraction of sp³-hybridized carbons (Fsp3) is 0.343. The smallest absolute Gasteiger partial charge is 0.254 e. The number of hydrogen-bond acceptors (Lipinski definition) is 5. The molecule has 3 aromatic carbocycles. The lowest BCUT2D eigenvalue weighted by atomic mass is 10.0. The number of carbonyl (C=O) groups is 2. The Morgan fingerprint density at radius 2 is 1.87 bits per heavy atom. The van der Waals surface area contributed by atoms with Gasteiger partial charge in [-0.3, -0.25) is 9.59 Å². The number of methoxy groups -OCH3 is 1. The zero-order valence-electron chi connectivity index (χ0n) is 25.3. The number of amides is 2. The van der Waals surface area contributed by atoms with E-state index in [1.807, 2.05) is 42.3 Å². The molecule has 0 unspecified atom stereocenters. The second-order valence-electron chi connectivity index (χ2n) is 12.9. The predicted octanol–water partition coefficient (Wildman–Crippen LogP) is 5.59. The molecule has 230 valence electrons. The number of fused-ring (bicyclic) bond motifs is 4. The van der Waals surface area contributed by atoms with Crippen molar-refractivity contribution in [2.75, 3.05) is 13.7 Å². The lowest BCUT2D eigenvalue weighted by Gasteiger charge is -2.27. The number of halogens is 1. The Morgan fingerprint density at radius 1 is 1.04 bits per heavy atom. The molecule has 3 heterocycles. The number of aryl methyl sites for hydroxylation is 1. The number of nitrogens with zero attached hydrogens (tertiary/aromatic N) is 4. The van der Waals surface area contributed by atoms with Gasteiger partial charge in [0, 0.05) is 48.7 Å². The van der Waals surface area contributed by atoms with Crippen LogP contribution in [-0.4, -0.2) is 56.6 Å². The summed E-state index contributed by atoms with van der Waals surface area (Å²) in [4.78, 5) is 32.7. The van der Waals surface area contributed by atoms with Gasteiger partial charge < -0.3 is 30.2 Å². The van der Waals surface area contributed by atoms with Gasteiger partial charge in [0.25, 0.3) is 5.91 Å². The van der Waals surface area contributed by atoms with E-state index >= 15 is 0 Å². The van der Waals surface area contributed by atoms with Gasteiger partial charge in [0.2, 0.25) is 5.91 Å². The summed E-state index contributed by atoms with van der Waals surface area (Å²) < 4.78 is 10.3. The molecule has 2 bridgehead atoms. The van der Waals surface area contributed by atoms with Crippen LogP contribution >= 0.6 is 11.6 Å². The molecule has 1 aliphatic heterocycles. The summed E-state index contributed by atoms with van der Waals surface area (Å²) in [6, 6.07) is 17.7. The summed E-state index contributed by atoms with van der Waals surface area (Å²) in [7, 11) is 3.63. The highest BCUT2D eigenvalue weighted by Crippen LogP contribution is 2.42. The quantitative estimate of drug-likeness (QED) is 0.245. The van der Waals surface area contributed by atoms with E-state index < -0.39 is 5.91 Å². The Labute approximate surface area is 265 Å². The Bertz CT molecular complexity index is 2040. The molecule has 3 aliphatic rings. The molecule has 2 aliphatic carbocycles. The van der Waals surface area contributed by atoms with Crippen molar-refractivity contribution in [1.29, 1.82) is 0 Å². The number of piperidine rings is 1. The first-order valence-corrected chi connectivity index (χ1v) is 15.9. The molecule has 5 aromatic rings. The number of rotatable bonds is 7. The van der Waals surface area contributed by atoms with Gasteiger partial charge in [-0.2, -0.15) is 0 Å². The molecule has 0 spiro atoms. The number of benzene rings is 3. The van der Waals surface area contributed by atoms with E-state index in [4.69, 9.17) is 32.8 Å². The average Bonchev–Trinajstić information content (AvgIpc) is 3.42. The van der Waals surface area contributed by atoms with Gasteiger partial charge in [0.15, 0.2) is 5.82 Å². The van der Waals surface area contributed by atoms with Crippen LogP contribution in [0.15, 0.2) is 54.6 Å². The van der Waals surface area contributed by atoms with Crippen LogP contribution < -0.4 is 16.2 Å². The van der Waals surface area contributed by atoms with Crippen LogP contribution in [0, 0.1) is 11.8 Å². The Balaban J connectivity index is 1.27. The third-order valence-electron chi connectivity index (χ3n) is 10.1. The molecule has 10 heteroatoms.